The molecule has 2 aromatic heterocycles. The number of nitrogens with two attached hydrogens (primary N) is 1. The van der Waals surface area contributed by atoms with Gasteiger partial charge in [-0.1, -0.05) is 5.21 Å². The lowest BCUT2D eigenvalue weighted by Gasteiger charge is -2.14. The second kappa shape index (κ2) is 5.28. The van der Waals surface area contributed by atoms with Crippen LogP contribution in [0.25, 0.3) is 11.2 Å². The number of aromatic nitrogens is 5. The maximum Gasteiger partial charge on any atom is 0.351 e. The molecule has 1 fully saturated rings. The summed E-state index contributed by atoms with van der Waals surface area (Å²) >= 11 is 0. The standard InChI is InChI=1S/C9H13N6O5P/c10-8-7-9(12-3-11-8)15(14-13-7)5-1-2-6(20-5)19-4-21(16,17)18/h3,5-6H,1-2,4H2,(H2,10,11,12)(H2,16,17,18)/t5-,6+/m1/s1. The Balaban J connectivity index is 1.73. The fraction of sp³-hybridized carbons (Fsp3) is 0.556. The van der Waals surface area contributed by atoms with E-state index in [2.05, 4.69) is 20.3 Å². The molecule has 0 bridgehead atoms. The van der Waals surface area contributed by atoms with Gasteiger partial charge in [0.1, 0.15) is 6.33 Å². The zero-order valence-corrected chi connectivity index (χ0v) is 11.6. The third kappa shape index (κ3) is 3.01. The van der Waals surface area contributed by atoms with Gasteiger partial charge < -0.3 is 25.0 Å². The Bertz CT molecular complexity index is 701. The van der Waals surface area contributed by atoms with Gasteiger partial charge in [-0.15, -0.1) is 5.10 Å². The number of nitrogens with zero attached hydrogens (tertiary/aromatic N) is 5. The average molecular weight is 316 g/mol. The Morgan fingerprint density at radius 1 is 1.48 bits per heavy atom. The van der Waals surface area contributed by atoms with Gasteiger partial charge in [-0.3, -0.25) is 4.57 Å². The maximum atomic E-state index is 10.8. The number of rotatable bonds is 4. The van der Waals surface area contributed by atoms with Crippen molar-refractivity contribution >= 4 is 24.6 Å². The number of hydrogen-bond acceptors (Lipinski definition) is 8. The van der Waals surface area contributed by atoms with Crippen molar-refractivity contribution in [3.05, 3.63) is 6.33 Å². The SMILES string of the molecule is Nc1ncnc2c1nnn2[C@H]1CC[C@@H](OCP(=O)(O)O)O1. The Morgan fingerprint density at radius 2 is 2.29 bits per heavy atom. The lowest BCUT2D eigenvalue weighted by atomic mass is 10.3. The molecule has 2 atom stereocenters. The topological polar surface area (TPSA) is 158 Å². The van der Waals surface area contributed by atoms with Gasteiger partial charge >= 0.3 is 7.60 Å². The summed E-state index contributed by atoms with van der Waals surface area (Å²) in [4.78, 5) is 25.4. The Morgan fingerprint density at radius 3 is 3.05 bits per heavy atom. The fourth-order valence-corrected chi connectivity index (χ4v) is 2.41. The maximum absolute atomic E-state index is 10.8. The predicted molar refractivity (Wildman–Crippen MR) is 68.7 cm³/mol. The van der Waals surface area contributed by atoms with Gasteiger partial charge in [0, 0.05) is 6.42 Å². The summed E-state index contributed by atoms with van der Waals surface area (Å²) in [7, 11) is -4.22. The first kappa shape index (κ1) is 14.3. The molecule has 21 heavy (non-hydrogen) atoms. The molecule has 0 spiro atoms. The highest BCUT2D eigenvalue weighted by atomic mass is 31.2. The lowest BCUT2D eigenvalue weighted by Crippen LogP contribution is -2.16. The molecule has 12 heteroatoms. The van der Waals surface area contributed by atoms with E-state index in [0.717, 1.165) is 0 Å². The first-order valence-electron chi connectivity index (χ1n) is 6.07. The zero-order valence-electron chi connectivity index (χ0n) is 10.7. The van der Waals surface area contributed by atoms with E-state index in [0.29, 0.717) is 24.0 Å². The van der Waals surface area contributed by atoms with Crippen LogP contribution >= 0.6 is 7.60 Å². The average Bonchev–Trinajstić information content (AvgIpc) is 3.02. The minimum atomic E-state index is -4.22. The van der Waals surface area contributed by atoms with Crippen LogP contribution in [0.4, 0.5) is 5.82 Å². The number of fused-ring (bicyclic) bond motifs is 1. The van der Waals surface area contributed by atoms with Crippen LogP contribution in [0.15, 0.2) is 6.33 Å². The van der Waals surface area contributed by atoms with E-state index in [-0.39, 0.29) is 5.82 Å². The second-order valence-electron chi connectivity index (χ2n) is 4.52. The zero-order chi connectivity index (χ0) is 15.0. The van der Waals surface area contributed by atoms with Gasteiger partial charge in [0.2, 0.25) is 0 Å². The van der Waals surface area contributed by atoms with Crippen LogP contribution in [0.3, 0.4) is 0 Å². The minimum absolute atomic E-state index is 0.221. The van der Waals surface area contributed by atoms with Crippen molar-refractivity contribution < 1.29 is 23.8 Å². The quantitative estimate of drug-likeness (QED) is 0.633. The van der Waals surface area contributed by atoms with Crippen LogP contribution in [0.2, 0.25) is 0 Å². The smallest absolute Gasteiger partial charge is 0.351 e. The number of ether oxygens (including phenoxy) is 2. The van der Waals surface area contributed by atoms with Crippen molar-refractivity contribution in [2.24, 2.45) is 0 Å². The third-order valence-corrected chi connectivity index (χ3v) is 3.43. The van der Waals surface area contributed by atoms with E-state index in [9.17, 15) is 4.57 Å². The van der Waals surface area contributed by atoms with Crippen LogP contribution in [-0.4, -0.2) is 47.4 Å². The van der Waals surface area contributed by atoms with Crippen LogP contribution < -0.4 is 5.73 Å². The lowest BCUT2D eigenvalue weighted by molar-refractivity contribution is -0.143. The molecule has 0 saturated carbocycles. The molecule has 0 unspecified atom stereocenters. The van der Waals surface area contributed by atoms with Crippen LogP contribution in [0.5, 0.6) is 0 Å². The number of nitrogen functional groups attached to an aromatic ring is 1. The van der Waals surface area contributed by atoms with Gasteiger partial charge in [-0.05, 0) is 6.42 Å². The monoisotopic (exact) mass is 316 g/mol. The molecule has 1 aliphatic heterocycles. The van der Waals surface area contributed by atoms with Gasteiger partial charge in [0.25, 0.3) is 0 Å². The third-order valence-electron chi connectivity index (χ3n) is 2.95. The van der Waals surface area contributed by atoms with Gasteiger partial charge in [0.15, 0.2) is 35.8 Å². The molecule has 0 radical (unpaired) electrons. The highest BCUT2D eigenvalue weighted by molar-refractivity contribution is 7.51. The molecular weight excluding hydrogens is 303 g/mol. The van der Waals surface area contributed by atoms with Crippen LogP contribution in [0.1, 0.15) is 19.1 Å². The van der Waals surface area contributed by atoms with Crippen LogP contribution in [-0.2, 0) is 14.0 Å². The highest BCUT2D eigenvalue weighted by Gasteiger charge is 2.31. The molecule has 4 N–H and O–H groups in total. The minimum Gasteiger partial charge on any atom is -0.382 e. The molecule has 2 aromatic rings. The fourth-order valence-electron chi connectivity index (χ4n) is 2.05. The predicted octanol–water partition coefficient (Wildman–Crippen LogP) is -0.410. The first-order chi connectivity index (χ1) is 9.94. The summed E-state index contributed by atoms with van der Waals surface area (Å²) in [6, 6.07) is 0. The molecule has 1 saturated heterocycles. The molecule has 1 aliphatic rings. The Hall–Kier alpha value is -1.65. The summed E-state index contributed by atoms with van der Waals surface area (Å²) < 4.78 is 22.8. The van der Waals surface area contributed by atoms with Gasteiger partial charge in [-0.2, -0.15) is 4.68 Å². The first-order valence-corrected chi connectivity index (χ1v) is 7.87. The van der Waals surface area contributed by atoms with Crippen molar-refractivity contribution in [1.29, 1.82) is 0 Å². The molecule has 0 aromatic carbocycles. The van der Waals surface area contributed by atoms with Crippen molar-refractivity contribution in [3.8, 4) is 0 Å². The summed E-state index contributed by atoms with van der Waals surface area (Å²) in [5, 5.41) is 7.82. The van der Waals surface area contributed by atoms with E-state index < -0.39 is 26.5 Å². The van der Waals surface area contributed by atoms with Crippen molar-refractivity contribution in [2.45, 2.75) is 25.4 Å². The Labute approximate surface area is 118 Å². The van der Waals surface area contributed by atoms with E-state index >= 15 is 0 Å². The highest BCUT2D eigenvalue weighted by Crippen LogP contribution is 2.37. The van der Waals surface area contributed by atoms with E-state index in [1.807, 2.05) is 0 Å². The number of anilines is 1. The molecule has 3 rings (SSSR count). The van der Waals surface area contributed by atoms with Crippen molar-refractivity contribution in [2.75, 3.05) is 12.1 Å². The molecule has 0 aliphatic carbocycles. The molecule has 114 valence electrons. The molecule has 0 amide bonds. The van der Waals surface area contributed by atoms with Gasteiger partial charge in [0.05, 0.1) is 0 Å². The van der Waals surface area contributed by atoms with Crippen molar-refractivity contribution in [3.63, 3.8) is 0 Å². The molecule has 11 nitrogen and oxygen atoms in total. The van der Waals surface area contributed by atoms with Gasteiger partial charge in [-0.25, -0.2) is 9.97 Å². The summed E-state index contributed by atoms with van der Waals surface area (Å²) in [5.41, 5.74) is 6.48. The summed E-state index contributed by atoms with van der Waals surface area (Å²) in [5.74, 6) is 0.221. The summed E-state index contributed by atoms with van der Waals surface area (Å²) in [6.45, 7) is 0. The normalized spacial score (nSPS) is 23.0. The largest absolute Gasteiger partial charge is 0.382 e. The molecule has 3 heterocycles. The van der Waals surface area contributed by atoms with E-state index in [1.54, 1.807) is 0 Å². The number of hydrogen-bond donors (Lipinski definition) is 3. The van der Waals surface area contributed by atoms with E-state index in [1.165, 1.54) is 11.0 Å². The van der Waals surface area contributed by atoms with E-state index in [4.69, 9.17) is 25.0 Å². The second-order valence-corrected chi connectivity index (χ2v) is 6.11. The Kier molecular flexibility index (Phi) is 3.59. The van der Waals surface area contributed by atoms with Crippen LogP contribution in [0, 0.1) is 0 Å². The molecular formula is C9H13N6O5P. The van der Waals surface area contributed by atoms with Crippen molar-refractivity contribution in [1.82, 2.24) is 25.0 Å². The summed E-state index contributed by atoms with van der Waals surface area (Å²) in [6.07, 6.45) is 0.458.